The second-order valence-electron chi connectivity index (χ2n) is 4.71. The first-order valence-corrected chi connectivity index (χ1v) is 7.26. The Bertz CT molecular complexity index is 592. The van der Waals surface area contributed by atoms with Crippen molar-refractivity contribution >= 4 is 17.0 Å². The largest absolute Gasteiger partial charge is 0.508 e. The van der Waals surface area contributed by atoms with E-state index in [0.29, 0.717) is 5.75 Å². The van der Waals surface area contributed by atoms with E-state index < -0.39 is 0 Å². The fourth-order valence-corrected chi connectivity index (χ4v) is 3.19. The molecule has 4 heteroatoms. The minimum absolute atomic E-state index is 0.0652. The van der Waals surface area contributed by atoms with Gasteiger partial charge >= 0.3 is 0 Å². The molecule has 0 saturated carbocycles. The van der Waals surface area contributed by atoms with E-state index in [1.807, 2.05) is 31.2 Å². The van der Waals surface area contributed by atoms with E-state index in [0.717, 1.165) is 17.7 Å². The predicted octanol–water partition coefficient (Wildman–Crippen LogP) is 3.32. The molecule has 0 aliphatic carbocycles. The molecule has 0 amide bonds. The van der Waals surface area contributed by atoms with Crippen LogP contribution < -0.4 is 5.32 Å². The monoisotopic (exact) mass is 272 g/mol. The summed E-state index contributed by atoms with van der Waals surface area (Å²) < 4.78 is 0. The van der Waals surface area contributed by atoms with Crippen molar-refractivity contribution in [3.63, 3.8) is 0 Å². The fourth-order valence-electron chi connectivity index (χ4n) is 2.46. The van der Waals surface area contributed by atoms with Gasteiger partial charge in [-0.2, -0.15) is 0 Å². The molecule has 1 aliphatic heterocycles. The Morgan fingerprint density at radius 2 is 2.11 bits per heavy atom. The zero-order valence-electron chi connectivity index (χ0n) is 10.7. The van der Waals surface area contributed by atoms with E-state index in [1.165, 1.54) is 4.88 Å². The smallest absolute Gasteiger partial charge is 0.120 e. The number of aromatic hydroxyl groups is 1. The third kappa shape index (κ3) is 2.55. The number of aliphatic imine (C=N–C) groups is 1. The molecular weight excluding hydrogens is 256 g/mol. The van der Waals surface area contributed by atoms with Crippen LogP contribution in [0.4, 0.5) is 0 Å². The van der Waals surface area contributed by atoms with Gasteiger partial charge in [0.2, 0.25) is 0 Å². The normalized spacial score (nSPS) is 23.1. The van der Waals surface area contributed by atoms with E-state index in [1.54, 1.807) is 17.4 Å². The molecule has 2 unspecified atom stereocenters. The summed E-state index contributed by atoms with van der Waals surface area (Å²) in [6.07, 6.45) is 0.873. The van der Waals surface area contributed by atoms with Gasteiger partial charge in [0.1, 0.15) is 5.75 Å². The van der Waals surface area contributed by atoms with Crippen molar-refractivity contribution in [1.82, 2.24) is 5.32 Å². The Labute approximate surface area is 116 Å². The van der Waals surface area contributed by atoms with Gasteiger partial charge < -0.3 is 5.11 Å². The summed E-state index contributed by atoms with van der Waals surface area (Å²) in [5.41, 5.74) is 2.06. The fraction of sp³-hybridized carbons (Fsp3) is 0.267. The lowest BCUT2D eigenvalue weighted by atomic mass is 9.97. The minimum Gasteiger partial charge on any atom is -0.508 e. The van der Waals surface area contributed by atoms with Gasteiger partial charge in [-0.1, -0.05) is 24.3 Å². The maximum absolute atomic E-state index is 9.99. The minimum atomic E-state index is 0.0652. The zero-order valence-corrected chi connectivity index (χ0v) is 11.5. The molecule has 3 rings (SSSR count). The molecule has 0 radical (unpaired) electrons. The number of thiophene rings is 1. The molecule has 1 aromatic heterocycles. The molecule has 1 aliphatic rings. The lowest BCUT2D eigenvalue weighted by Crippen LogP contribution is -2.36. The summed E-state index contributed by atoms with van der Waals surface area (Å²) in [6.45, 7) is 2.04. The summed E-state index contributed by atoms with van der Waals surface area (Å²) in [5.74, 6) is 0.347. The zero-order chi connectivity index (χ0) is 13.2. The standard InChI is InChI=1S/C15H16N2OS/c1-10-16-12(11-5-2-3-6-14(11)18)9-13(17-10)15-7-4-8-19-15/h2-8,10,12,16,18H,9H2,1H3. The van der Waals surface area contributed by atoms with Crippen molar-refractivity contribution in [2.24, 2.45) is 4.99 Å². The Hall–Kier alpha value is -1.65. The second kappa shape index (κ2) is 5.15. The molecule has 2 atom stereocenters. The topological polar surface area (TPSA) is 44.6 Å². The van der Waals surface area contributed by atoms with Crippen LogP contribution in [-0.4, -0.2) is 17.0 Å². The van der Waals surface area contributed by atoms with Crippen LogP contribution in [0.15, 0.2) is 46.8 Å². The van der Waals surface area contributed by atoms with E-state index in [2.05, 4.69) is 21.8 Å². The number of para-hydroxylation sites is 1. The van der Waals surface area contributed by atoms with Gasteiger partial charge in [0, 0.05) is 22.9 Å². The highest BCUT2D eigenvalue weighted by Crippen LogP contribution is 2.31. The van der Waals surface area contributed by atoms with Crippen LogP contribution in [0.5, 0.6) is 5.75 Å². The third-order valence-corrected chi connectivity index (χ3v) is 4.23. The van der Waals surface area contributed by atoms with Gasteiger partial charge in [0.25, 0.3) is 0 Å². The van der Waals surface area contributed by atoms with Gasteiger partial charge in [-0.3, -0.25) is 10.3 Å². The number of nitrogens with one attached hydrogen (secondary N) is 1. The van der Waals surface area contributed by atoms with Gasteiger partial charge in [-0.25, -0.2) is 0 Å². The van der Waals surface area contributed by atoms with Crippen LogP contribution in [0, 0.1) is 0 Å². The molecule has 0 saturated heterocycles. The average molecular weight is 272 g/mol. The Kier molecular flexibility index (Phi) is 3.36. The molecule has 2 aromatic rings. The summed E-state index contributed by atoms with van der Waals surface area (Å²) in [4.78, 5) is 5.88. The molecule has 0 spiro atoms. The number of hydrogen-bond acceptors (Lipinski definition) is 4. The van der Waals surface area contributed by atoms with Crippen molar-refractivity contribution in [2.45, 2.75) is 25.6 Å². The Morgan fingerprint density at radius 1 is 1.26 bits per heavy atom. The summed E-state index contributed by atoms with van der Waals surface area (Å²) in [6, 6.07) is 11.8. The van der Waals surface area contributed by atoms with E-state index in [-0.39, 0.29) is 12.2 Å². The highest BCUT2D eigenvalue weighted by Gasteiger charge is 2.24. The first-order chi connectivity index (χ1) is 9.24. The average Bonchev–Trinajstić information content (AvgIpc) is 2.92. The van der Waals surface area contributed by atoms with Gasteiger partial charge in [-0.15, -0.1) is 11.3 Å². The molecule has 0 bridgehead atoms. The first kappa shape index (κ1) is 12.4. The maximum Gasteiger partial charge on any atom is 0.120 e. The quantitative estimate of drug-likeness (QED) is 0.881. The van der Waals surface area contributed by atoms with Crippen molar-refractivity contribution in [2.75, 3.05) is 0 Å². The molecule has 98 valence electrons. The highest BCUT2D eigenvalue weighted by atomic mass is 32.1. The molecular formula is C15H16N2OS. The van der Waals surface area contributed by atoms with Crippen LogP contribution in [0.2, 0.25) is 0 Å². The van der Waals surface area contributed by atoms with Crippen LogP contribution in [0.25, 0.3) is 0 Å². The van der Waals surface area contributed by atoms with Crippen molar-refractivity contribution in [1.29, 1.82) is 0 Å². The third-order valence-electron chi connectivity index (χ3n) is 3.31. The Morgan fingerprint density at radius 3 is 2.84 bits per heavy atom. The van der Waals surface area contributed by atoms with E-state index in [9.17, 15) is 5.11 Å². The lowest BCUT2D eigenvalue weighted by Gasteiger charge is -2.28. The second-order valence-corrected chi connectivity index (χ2v) is 5.66. The number of nitrogens with zero attached hydrogens (tertiary/aromatic N) is 1. The van der Waals surface area contributed by atoms with E-state index in [4.69, 9.17) is 0 Å². The van der Waals surface area contributed by atoms with Crippen LogP contribution >= 0.6 is 11.3 Å². The first-order valence-electron chi connectivity index (χ1n) is 6.38. The predicted molar refractivity (Wildman–Crippen MR) is 78.9 cm³/mol. The van der Waals surface area contributed by atoms with Crippen molar-refractivity contribution in [3.05, 3.63) is 52.2 Å². The number of rotatable bonds is 2. The van der Waals surface area contributed by atoms with Crippen LogP contribution in [-0.2, 0) is 0 Å². The number of phenols is 1. The molecule has 3 nitrogen and oxygen atoms in total. The number of phenolic OH excluding ortho intramolecular Hbond substituents is 1. The number of hydrogen-bond donors (Lipinski definition) is 2. The van der Waals surface area contributed by atoms with Gasteiger partial charge in [0.05, 0.1) is 11.9 Å². The molecule has 0 fully saturated rings. The van der Waals surface area contributed by atoms with Crippen molar-refractivity contribution in [3.8, 4) is 5.75 Å². The van der Waals surface area contributed by atoms with Crippen molar-refractivity contribution < 1.29 is 5.11 Å². The lowest BCUT2D eigenvalue weighted by molar-refractivity contribution is 0.419. The van der Waals surface area contributed by atoms with Crippen LogP contribution in [0.3, 0.4) is 0 Å². The van der Waals surface area contributed by atoms with E-state index >= 15 is 0 Å². The SMILES string of the molecule is CC1N=C(c2cccs2)CC(c2ccccc2O)N1. The molecule has 19 heavy (non-hydrogen) atoms. The number of benzene rings is 1. The molecule has 2 heterocycles. The summed E-state index contributed by atoms with van der Waals surface area (Å²) in [5, 5.41) is 15.5. The summed E-state index contributed by atoms with van der Waals surface area (Å²) in [7, 11) is 0. The highest BCUT2D eigenvalue weighted by molar-refractivity contribution is 7.12. The molecule has 1 aromatic carbocycles. The van der Waals surface area contributed by atoms with Gasteiger partial charge in [0.15, 0.2) is 0 Å². The van der Waals surface area contributed by atoms with Gasteiger partial charge in [-0.05, 0) is 24.4 Å². The Balaban J connectivity index is 1.91. The van der Waals surface area contributed by atoms with Crippen LogP contribution in [0.1, 0.15) is 29.8 Å². The molecule has 2 N–H and O–H groups in total. The maximum atomic E-state index is 9.99. The summed E-state index contributed by atoms with van der Waals surface area (Å²) >= 11 is 1.71.